The molecule has 0 unspecified atom stereocenters. The number of carbonyl (C=O) groups is 1. The average Bonchev–Trinajstić information content (AvgIpc) is 3.27. The van der Waals surface area contributed by atoms with Crippen LogP contribution < -0.4 is 0 Å². The first kappa shape index (κ1) is 21.8. The van der Waals surface area contributed by atoms with Gasteiger partial charge in [0.15, 0.2) is 6.33 Å². The number of para-hydroxylation sites is 2. The van der Waals surface area contributed by atoms with Crippen molar-refractivity contribution >= 4 is 23.6 Å². The highest BCUT2D eigenvalue weighted by Crippen LogP contribution is 2.27. The maximum Gasteiger partial charge on any atom is 0.285 e. The van der Waals surface area contributed by atoms with E-state index in [4.69, 9.17) is 4.52 Å². The molecule has 0 N–H and O–H groups in total. The van der Waals surface area contributed by atoms with E-state index in [1.165, 1.54) is 36.9 Å². The molecule has 1 aromatic heterocycles. The third-order valence-corrected chi connectivity index (χ3v) is 3.43. The van der Waals surface area contributed by atoms with Gasteiger partial charge in [0.2, 0.25) is 0 Å². The van der Waals surface area contributed by atoms with Gasteiger partial charge in [-0.3, -0.25) is 25.0 Å². The molecule has 0 saturated carbocycles. The van der Waals surface area contributed by atoms with Gasteiger partial charge in [0.05, 0.1) is 16.2 Å². The Morgan fingerprint density at radius 3 is 2.20 bits per heavy atom. The van der Waals surface area contributed by atoms with Crippen molar-refractivity contribution in [1.82, 2.24) is 15.0 Å². The van der Waals surface area contributed by atoms with E-state index in [1.807, 2.05) is 0 Å². The highest BCUT2D eigenvalue weighted by atomic mass is 16.6. The van der Waals surface area contributed by atoms with Crippen molar-refractivity contribution in [3.05, 3.63) is 80.7 Å². The van der Waals surface area contributed by atoms with Crippen LogP contribution in [0.4, 0.5) is 11.4 Å². The standard InChI is InChI=1S/C10H11N3O3.C8H5N3O3/c1-12(2)7-11-10(14)8-5-3-4-6-9(8)13(15)16;12-11(13)7-4-2-1-3-6(7)8-9-5-10-14-8/h3-7H,1-2H3;1-5H. The normalized spacial score (nSPS) is 10.2. The summed E-state index contributed by atoms with van der Waals surface area (Å²) in [6.45, 7) is 0. The monoisotopic (exact) mass is 412 g/mol. The Labute approximate surface area is 169 Å². The number of benzene rings is 2. The SMILES string of the molecule is CN(C)C=NC(=O)c1ccccc1[N+](=O)[O-].O=[N+]([O-])c1ccccc1-c1ncno1. The first-order chi connectivity index (χ1) is 14.3. The van der Waals surface area contributed by atoms with Crippen LogP contribution in [0.15, 0.2) is 64.4 Å². The van der Waals surface area contributed by atoms with Gasteiger partial charge in [0, 0.05) is 26.2 Å². The molecule has 0 fully saturated rings. The van der Waals surface area contributed by atoms with Crippen molar-refractivity contribution in [3.8, 4) is 11.5 Å². The van der Waals surface area contributed by atoms with Gasteiger partial charge < -0.3 is 9.42 Å². The fourth-order valence-corrected chi connectivity index (χ4v) is 2.16. The number of aromatic nitrogens is 2. The Morgan fingerprint density at radius 1 is 1.03 bits per heavy atom. The predicted octanol–water partition coefficient (Wildman–Crippen LogP) is 2.97. The van der Waals surface area contributed by atoms with Gasteiger partial charge in [-0.2, -0.15) is 9.98 Å². The van der Waals surface area contributed by atoms with E-state index in [1.54, 1.807) is 43.3 Å². The molecule has 3 aromatic rings. The summed E-state index contributed by atoms with van der Waals surface area (Å²) in [5.74, 6) is -0.474. The summed E-state index contributed by atoms with van der Waals surface area (Å²) < 4.78 is 4.74. The topological polar surface area (TPSA) is 158 Å². The van der Waals surface area contributed by atoms with Crippen LogP contribution in [0.25, 0.3) is 11.5 Å². The van der Waals surface area contributed by atoms with Crippen LogP contribution in [-0.2, 0) is 0 Å². The fourth-order valence-electron chi connectivity index (χ4n) is 2.16. The van der Waals surface area contributed by atoms with Gasteiger partial charge in [0.25, 0.3) is 23.2 Å². The van der Waals surface area contributed by atoms with E-state index in [2.05, 4.69) is 15.1 Å². The lowest BCUT2D eigenvalue weighted by molar-refractivity contribution is -0.385. The van der Waals surface area contributed by atoms with E-state index >= 15 is 0 Å². The van der Waals surface area contributed by atoms with E-state index in [0.29, 0.717) is 5.56 Å². The third kappa shape index (κ3) is 5.76. The second kappa shape index (κ2) is 10.2. The van der Waals surface area contributed by atoms with Crippen LogP contribution in [-0.4, -0.2) is 51.2 Å². The van der Waals surface area contributed by atoms with Gasteiger partial charge in [0.1, 0.15) is 11.1 Å². The average molecular weight is 412 g/mol. The zero-order chi connectivity index (χ0) is 22.1. The predicted molar refractivity (Wildman–Crippen MR) is 106 cm³/mol. The van der Waals surface area contributed by atoms with Crippen molar-refractivity contribution in [2.75, 3.05) is 14.1 Å². The number of hydrogen-bond donors (Lipinski definition) is 0. The maximum atomic E-state index is 11.5. The van der Waals surface area contributed by atoms with E-state index in [0.717, 1.165) is 0 Å². The number of nitro groups is 2. The summed E-state index contributed by atoms with van der Waals surface area (Å²) in [4.78, 5) is 40.7. The van der Waals surface area contributed by atoms with Crippen molar-refractivity contribution in [2.24, 2.45) is 4.99 Å². The molecule has 3 rings (SSSR count). The minimum Gasteiger partial charge on any atom is -0.369 e. The van der Waals surface area contributed by atoms with Crippen LogP contribution >= 0.6 is 0 Å². The number of carbonyl (C=O) groups excluding carboxylic acids is 1. The van der Waals surface area contributed by atoms with Crippen LogP contribution in [0.1, 0.15) is 10.4 Å². The Morgan fingerprint density at radius 2 is 1.63 bits per heavy atom. The van der Waals surface area contributed by atoms with E-state index < -0.39 is 15.8 Å². The number of nitro benzene ring substituents is 2. The lowest BCUT2D eigenvalue weighted by atomic mass is 10.2. The zero-order valence-electron chi connectivity index (χ0n) is 15.9. The minimum atomic E-state index is -0.624. The van der Waals surface area contributed by atoms with Crippen LogP contribution in [0.5, 0.6) is 0 Å². The van der Waals surface area contributed by atoms with Crippen molar-refractivity contribution < 1.29 is 19.2 Å². The molecule has 0 spiro atoms. The van der Waals surface area contributed by atoms with Gasteiger partial charge in [-0.1, -0.05) is 29.4 Å². The number of amides is 1. The second-order valence-electron chi connectivity index (χ2n) is 5.81. The third-order valence-electron chi connectivity index (χ3n) is 3.43. The Hall–Kier alpha value is -4.48. The Bertz CT molecular complexity index is 1060. The van der Waals surface area contributed by atoms with Gasteiger partial charge in [-0.05, 0) is 12.1 Å². The summed E-state index contributed by atoms with van der Waals surface area (Å²) in [6.07, 6.45) is 2.51. The second-order valence-corrected chi connectivity index (χ2v) is 5.81. The zero-order valence-corrected chi connectivity index (χ0v) is 15.9. The highest BCUT2D eigenvalue weighted by Gasteiger charge is 2.18. The molecule has 12 heteroatoms. The summed E-state index contributed by atoms with van der Waals surface area (Å²) >= 11 is 0. The lowest BCUT2D eigenvalue weighted by Crippen LogP contribution is -2.10. The minimum absolute atomic E-state index is 0.00870. The van der Waals surface area contributed by atoms with Crippen LogP contribution in [0.3, 0.4) is 0 Å². The van der Waals surface area contributed by atoms with Crippen molar-refractivity contribution in [1.29, 1.82) is 0 Å². The molecule has 1 amide bonds. The van der Waals surface area contributed by atoms with Crippen molar-refractivity contribution in [2.45, 2.75) is 0 Å². The molecule has 0 atom stereocenters. The molecule has 0 radical (unpaired) electrons. The highest BCUT2D eigenvalue weighted by molar-refractivity contribution is 6.01. The summed E-state index contributed by atoms with van der Waals surface area (Å²) in [6, 6.07) is 11.9. The molecule has 2 aromatic carbocycles. The summed E-state index contributed by atoms with van der Waals surface area (Å²) in [5.41, 5.74) is 0.0424. The molecule has 0 aliphatic rings. The maximum absolute atomic E-state index is 11.5. The first-order valence-electron chi connectivity index (χ1n) is 8.30. The molecular weight excluding hydrogens is 396 g/mol. The molecule has 0 saturated heterocycles. The first-order valence-corrected chi connectivity index (χ1v) is 8.30. The Kier molecular flexibility index (Phi) is 7.40. The number of hydrogen-bond acceptors (Lipinski definition) is 8. The molecule has 154 valence electrons. The smallest absolute Gasteiger partial charge is 0.285 e. The molecular formula is C18H16N6O6. The van der Waals surface area contributed by atoms with Crippen LogP contribution in [0.2, 0.25) is 0 Å². The summed E-state index contributed by atoms with van der Waals surface area (Å²) in [5, 5.41) is 24.7. The molecule has 0 aliphatic carbocycles. The van der Waals surface area contributed by atoms with E-state index in [-0.39, 0.29) is 22.8 Å². The lowest BCUT2D eigenvalue weighted by Gasteiger charge is -2.02. The molecule has 0 aliphatic heterocycles. The summed E-state index contributed by atoms with van der Waals surface area (Å²) in [7, 11) is 3.41. The molecule has 12 nitrogen and oxygen atoms in total. The van der Waals surface area contributed by atoms with Gasteiger partial charge >= 0.3 is 0 Å². The quantitative estimate of drug-likeness (QED) is 0.266. The number of nitrogens with zero attached hydrogens (tertiary/aromatic N) is 6. The molecule has 1 heterocycles. The van der Waals surface area contributed by atoms with Crippen molar-refractivity contribution in [3.63, 3.8) is 0 Å². The van der Waals surface area contributed by atoms with Crippen LogP contribution in [0, 0.1) is 20.2 Å². The number of rotatable bonds is 5. The van der Waals surface area contributed by atoms with E-state index in [9.17, 15) is 25.0 Å². The molecule has 30 heavy (non-hydrogen) atoms. The number of aliphatic imine (C=N–C) groups is 1. The van der Waals surface area contributed by atoms with Gasteiger partial charge in [-0.25, -0.2) is 0 Å². The van der Waals surface area contributed by atoms with Gasteiger partial charge in [-0.15, -0.1) is 0 Å². The Balaban J connectivity index is 0.000000215. The largest absolute Gasteiger partial charge is 0.369 e. The fraction of sp³-hybridized carbons (Fsp3) is 0.111. The molecule has 0 bridgehead atoms.